The molecule has 0 saturated heterocycles. The van der Waals surface area contributed by atoms with E-state index >= 15 is 0 Å². The summed E-state index contributed by atoms with van der Waals surface area (Å²) in [4.78, 5) is 17.4. The first-order valence-corrected chi connectivity index (χ1v) is 8.87. The van der Waals surface area contributed by atoms with Crippen molar-refractivity contribution in [2.45, 2.75) is 13.8 Å². The van der Waals surface area contributed by atoms with Gasteiger partial charge >= 0.3 is 6.01 Å². The highest BCUT2D eigenvalue weighted by atomic mass is 35.5. The normalized spacial score (nSPS) is 11.0. The zero-order chi connectivity index (χ0) is 18.7. The largest absolute Gasteiger partial charge is 0.462 e. The highest BCUT2D eigenvalue weighted by Gasteiger charge is 2.22. The Bertz CT molecular complexity index is 938. The van der Waals surface area contributed by atoms with Gasteiger partial charge < -0.3 is 4.74 Å². The van der Waals surface area contributed by atoms with Gasteiger partial charge in [-0.3, -0.25) is 4.79 Å². The number of rotatable bonds is 5. The van der Waals surface area contributed by atoms with Crippen LogP contribution in [0, 0.1) is 5.92 Å². The summed E-state index contributed by atoms with van der Waals surface area (Å²) >= 11 is 12.5. The smallest absolute Gasteiger partial charge is 0.336 e. The second-order valence-electron chi connectivity index (χ2n) is 6.10. The Balaban J connectivity index is 2.09. The first-order valence-electron chi connectivity index (χ1n) is 8.11. The van der Waals surface area contributed by atoms with E-state index in [0.717, 1.165) is 0 Å². The minimum atomic E-state index is -0.405. The Kier molecular flexibility index (Phi) is 5.59. The van der Waals surface area contributed by atoms with Crippen LogP contribution in [0.1, 0.15) is 24.2 Å². The zero-order valence-corrected chi connectivity index (χ0v) is 15.8. The molecule has 0 saturated carbocycles. The van der Waals surface area contributed by atoms with E-state index in [1.54, 1.807) is 42.5 Å². The van der Waals surface area contributed by atoms with E-state index in [1.165, 1.54) is 4.68 Å². The van der Waals surface area contributed by atoms with Crippen molar-refractivity contribution in [1.82, 2.24) is 14.8 Å². The van der Waals surface area contributed by atoms with Crippen molar-refractivity contribution in [2.24, 2.45) is 5.92 Å². The highest BCUT2D eigenvalue weighted by Crippen LogP contribution is 2.29. The third-order valence-corrected chi connectivity index (χ3v) is 4.20. The Hall–Kier alpha value is -2.37. The van der Waals surface area contributed by atoms with E-state index < -0.39 is 5.91 Å². The maximum Gasteiger partial charge on any atom is 0.336 e. The van der Waals surface area contributed by atoms with Gasteiger partial charge in [0.05, 0.1) is 22.2 Å². The lowest BCUT2D eigenvalue weighted by Crippen LogP contribution is -2.16. The van der Waals surface area contributed by atoms with Crippen LogP contribution in [-0.4, -0.2) is 27.3 Å². The summed E-state index contributed by atoms with van der Waals surface area (Å²) in [6.07, 6.45) is 0. The van der Waals surface area contributed by atoms with E-state index in [4.69, 9.17) is 27.9 Å². The van der Waals surface area contributed by atoms with Gasteiger partial charge in [0, 0.05) is 5.56 Å². The van der Waals surface area contributed by atoms with Gasteiger partial charge in [0.15, 0.2) is 5.82 Å². The molecular formula is C19H17Cl2N3O2. The molecular weight excluding hydrogens is 373 g/mol. The molecule has 0 fully saturated rings. The molecule has 1 heterocycles. The molecule has 0 aliphatic rings. The van der Waals surface area contributed by atoms with Gasteiger partial charge in [-0.1, -0.05) is 61.3 Å². The first kappa shape index (κ1) is 18.4. The van der Waals surface area contributed by atoms with Crippen molar-refractivity contribution >= 4 is 29.1 Å². The van der Waals surface area contributed by atoms with Crippen molar-refractivity contribution in [3.05, 3.63) is 64.1 Å². The van der Waals surface area contributed by atoms with Crippen LogP contribution in [0.4, 0.5) is 0 Å². The third kappa shape index (κ3) is 3.89. The summed E-state index contributed by atoms with van der Waals surface area (Å²) in [7, 11) is 0. The summed E-state index contributed by atoms with van der Waals surface area (Å²) in [5, 5.41) is 5.03. The number of carbonyl (C=O) groups excluding carboxylic acids is 1. The summed E-state index contributed by atoms with van der Waals surface area (Å²) in [5.74, 6) is 0.196. The Morgan fingerprint density at radius 3 is 2.38 bits per heavy atom. The van der Waals surface area contributed by atoms with Crippen molar-refractivity contribution in [3.63, 3.8) is 0 Å². The molecule has 0 radical (unpaired) electrons. The molecule has 2 aromatic carbocycles. The Morgan fingerprint density at radius 1 is 1.08 bits per heavy atom. The molecule has 3 rings (SSSR count). The second-order valence-corrected chi connectivity index (χ2v) is 6.91. The van der Waals surface area contributed by atoms with E-state index in [-0.39, 0.29) is 6.01 Å². The van der Waals surface area contributed by atoms with Gasteiger partial charge in [-0.25, -0.2) is 0 Å². The number of aromatic nitrogens is 3. The lowest BCUT2D eigenvalue weighted by atomic mass is 10.2. The average molecular weight is 390 g/mol. The summed E-state index contributed by atoms with van der Waals surface area (Å²) in [6.45, 7) is 4.47. The van der Waals surface area contributed by atoms with Crippen LogP contribution in [0.25, 0.3) is 11.4 Å². The number of ether oxygens (including phenoxy) is 1. The maximum atomic E-state index is 13.0. The quantitative estimate of drug-likeness (QED) is 0.617. The third-order valence-electron chi connectivity index (χ3n) is 3.54. The molecule has 134 valence electrons. The van der Waals surface area contributed by atoms with Gasteiger partial charge in [0.2, 0.25) is 0 Å². The van der Waals surface area contributed by atoms with Crippen LogP contribution < -0.4 is 4.74 Å². The molecule has 3 aromatic rings. The van der Waals surface area contributed by atoms with Gasteiger partial charge in [-0.2, -0.15) is 9.67 Å². The molecule has 0 spiro atoms. The van der Waals surface area contributed by atoms with Crippen LogP contribution in [0.15, 0.2) is 48.5 Å². The van der Waals surface area contributed by atoms with Crippen molar-refractivity contribution in [1.29, 1.82) is 0 Å². The summed E-state index contributed by atoms with van der Waals surface area (Å²) in [6, 6.07) is 14.0. The lowest BCUT2D eigenvalue weighted by Gasteiger charge is -2.07. The van der Waals surface area contributed by atoms with Gasteiger partial charge in [-0.15, -0.1) is 5.10 Å². The molecule has 0 aliphatic heterocycles. The van der Waals surface area contributed by atoms with Crippen molar-refractivity contribution in [3.8, 4) is 17.4 Å². The van der Waals surface area contributed by atoms with Crippen LogP contribution in [0.3, 0.4) is 0 Å². The fraction of sp³-hybridized carbons (Fsp3) is 0.211. The molecule has 0 atom stereocenters. The Labute approximate surface area is 161 Å². The Morgan fingerprint density at radius 2 is 1.73 bits per heavy atom. The van der Waals surface area contributed by atoms with E-state index in [0.29, 0.717) is 39.5 Å². The minimum Gasteiger partial charge on any atom is -0.462 e. The van der Waals surface area contributed by atoms with Gasteiger partial charge in [-0.05, 0) is 30.2 Å². The summed E-state index contributed by atoms with van der Waals surface area (Å²) < 4.78 is 6.77. The SMILES string of the molecule is CC(C)COc1nc(-c2ccccc2Cl)n(C(=O)c2ccccc2Cl)n1. The number of carbonyl (C=O) groups is 1. The molecule has 0 bridgehead atoms. The minimum absolute atomic E-state index is 0.119. The van der Waals surface area contributed by atoms with E-state index in [1.807, 2.05) is 19.9 Å². The molecule has 7 heteroatoms. The van der Waals surface area contributed by atoms with Crippen LogP contribution in [-0.2, 0) is 0 Å². The molecule has 0 unspecified atom stereocenters. The summed E-state index contributed by atoms with van der Waals surface area (Å²) in [5.41, 5.74) is 0.907. The number of nitrogens with zero attached hydrogens (tertiary/aromatic N) is 3. The monoisotopic (exact) mass is 389 g/mol. The molecule has 26 heavy (non-hydrogen) atoms. The molecule has 0 aliphatic carbocycles. The number of benzene rings is 2. The molecule has 5 nitrogen and oxygen atoms in total. The number of halogens is 2. The fourth-order valence-corrected chi connectivity index (χ4v) is 2.74. The van der Waals surface area contributed by atoms with Crippen molar-refractivity contribution in [2.75, 3.05) is 6.61 Å². The fourth-order valence-electron chi connectivity index (χ4n) is 2.30. The molecule has 0 N–H and O–H groups in total. The number of hydrogen-bond acceptors (Lipinski definition) is 4. The van der Waals surface area contributed by atoms with Crippen LogP contribution in [0.2, 0.25) is 10.0 Å². The van der Waals surface area contributed by atoms with E-state index in [9.17, 15) is 4.79 Å². The van der Waals surface area contributed by atoms with Gasteiger partial charge in [0.1, 0.15) is 0 Å². The lowest BCUT2D eigenvalue weighted by molar-refractivity contribution is 0.0944. The predicted octanol–water partition coefficient (Wildman–Crippen LogP) is 4.98. The van der Waals surface area contributed by atoms with Crippen LogP contribution in [0.5, 0.6) is 6.01 Å². The zero-order valence-electron chi connectivity index (χ0n) is 14.3. The number of hydrogen-bond donors (Lipinski definition) is 0. The van der Waals surface area contributed by atoms with Gasteiger partial charge in [0.25, 0.3) is 5.91 Å². The maximum absolute atomic E-state index is 13.0. The highest BCUT2D eigenvalue weighted by molar-refractivity contribution is 6.34. The molecule has 1 aromatic heterocycles. The first-order chi connectivity index (χ1) is 12.5. The average Bonchev–Trinajstić information content (AvgIpc) is 3.04. The van der Waals surface area contributed by atoms with Crippen LogP contribution >= 0.6 is 23.2 Å². The topological polar surface area (TPSA) is 57.0 Å². The second kappa shape index (κ2) is 7.89. The molecule has 0 amide bonds. The van der Waals surface area contributed by atoms with Crippen molar-refractivity contribution < 1.29 is 9.53 Å². The predicted molar refractivity (Wildman–Crippen MR) is 102 cm³/mol. The standard InChI is InChI=1S/C19H17Cl2N3O2/c1-12(2)11-26-19-22-17(13-7-3-5-9-15(13)20)24(23-19)18(25)14-8-4-6-10-16(14)21/h3-10,12H,11H2,1-2H3. The van der Waals surface area contributed by atoms with E-state index in [2.05, 4.69) is 10.1 Å².